The van der Waals surface area contributed by atoms with E-state index in [0.29, 0.717) is 6.54 Å². The molecule has 0 unspecified atom stereocenters. The Balaban J connectivity index is 2.13. The molecule has 0 fully saturated rings. The maximum atomic E-state index is 12.5. The van der Waals surface area contributed by atoms with E-state index in [1.54, 1.807) is 11.7 Å². The van der Waals surface area contributed by atoms with Gasteiger partial charge >= 0.3 is 6.18 Å². The number of hydrogen-bond acceptors (Lipinski definition) is 3. The third-order valence-corrected chi connectivity index (χ3v) is 3.02. The van der Waals surface area contributed by atoms with Gasteiger partial charge in [0, 0.05) is 31.5 Å². The number of anilines is 1. The fourth-order valence-corrected chi connectivity index (χ4v) is 1.96. The molecule has 8 heteroatoms. The van der Waals surface area contributed by atoms with Gasteiger partial charge in [0.05, 0.1) is 16.3 Å². The minimum atomic E-state index is -4.45. The first-order valence-corrected chi connectivity index (χ1v) is 6.11. The molecule has 4 nitrogen and oxygen atoms in total. The van der Waals surface area contributed by atoms with Gasteiger partial charge in [-0.3, -0.25) is 4.68 Å². The Kier molecular flexibility index (Phi) is 3.89. The molecular formula is C12H12ClF3N4. The first-order valence-electron chi connectivity index (χ1n) is 5.73. The SMILES string of the molecule is Cc1nn(C)cc1CNc1ncc(C(F)(F)F)cc1Cl. The molecule has 0 saturated heterocycles. The van der Waals surface area contributed by atoms with Gasteiger partial charge < -0.3 is 5.32 Å². The minimum Gasteiger partial charge on any atom is -0.365 e. The summed E-state index contributed by atoms with van der Waals surface area (Å²) in [6.45, 7) is 2.23. The van der Waals surface area contributed by atoms with Crippen LogP contribution in [0.25, 0.3) is 0 Å². The number of aromatic nitrogens is 3. The minimum absolute atomic E-state index is 0.0682. The van der Waals surface area contributed by atoms with Crippen LogP contribution in [-0.2, 0) is 19.8 Å². The highest BCUT2D eigenvalue weighted by atomic mass is 35.5. The maximum absolute atomic E-state index is 12.5. The van der Waals surface area contributed by atoms with Gasteiger partial charge in [-0.25, -0.2) is 4.98 Å². The van der Waals surface area contributed by atoms with Gasteiger partial charge in [-0.05, 0) is 13.0 Å². The Morgan fingerprint density at radius 2 is 2.10 bits per heavy atom. The Bertz CT molecular complexity index is 622. The standard InChI is InChI=1S/C12H12ClF3N4/c1-7-8(6-20(2)19-7)4-17-11-10(13)3-9(5-18-11)12(14,15)16/h3,5-6H,4H2,1-2H3,(H,17,18). The van der Waals surface area contributed by atoms with Crippen molar-refractivity contribution in [3.63, 3.8) is 0 Å². The second-order valence-corrected chi connectivity index (χ2v) is 4.73. The summed E-state index contributed by atoms with van der Waals surface area (Å²) in [6.07, 6.45) is -1.88. The van der Waals surface area contributed by atoms with Crippen molar-refractivity contribution in [2.24, 2.45) is 7.05 Å². The van der Waals surface area contributed by atoms with Crippen LogP contribution in [0.5, 0.6) is 0 Å². The van der Waals surface area contributed by atoms with Crippen LogP contribution in [-0.4, -0.2) is 14.8 Å². The van der Waals surface area contributed by atoms with Gasteiger partial charge in [-0.2, -0.15) is 18.3 Å². The van der Waals surface area contributed by atoms with Crippen molar-refractivity contribution >= 4 is 17.4 Å². The van der Waals surface area contributed by atoms with Crippen molar-refractivity contribution in [1.82, 2.24) is 14.8 Å². The van der Waals surface area contributed by atoms with Crippen LogP contribution in [0.2, 0.25) is 5.02 Å². The lowest BCUT2D eigenvalue weighted by Gasteiger charge is -2.10. The number of nitrogens with zero attached hydrogens (tertiary/aromatic N) is 3. The van der Waals surface area contributed by atoms with Gasteiger partial charge in [0.2, 0.25) is 0 Å². The second-order valence-electron chi connectivity index (χ2n) is 4.32. The van der Waals surface area contributed by atoms with E-state index in [0.717, 1.165) is 23.5 Å². The molecule has 0 amide bonds. The molecule has 0 aromatic carbocycles. The Morgan fingerprint density at radius 1 is 1.40 bits per heavy atom. The molecular weight excluding hydrogens is 293 g/mol. The highest BCUT2D eigenvalue weighted by Gasteiger charge is 2.31. The lowest BCUT2D eigenvalue weighted by Crippen LogP contribution is -2.08. The van der Waals surface area contributed by atoms with Crippen LogP contribution in [0, 0.1) is 6.92 Å². The van der Waals surface area contributed by atoms with E-state index >= 15 is 0 Å². The fourth-order valence-electron chi connectivity index (χ4n) is 1.72. The summed E-state index contributed by atoms with van der Waals surface area (Å²) < 4.78 is 39.1. The predicted octanol–water partition coefficient (Wildman–Crippen LogP) is 3.41. The molecule has 2 aromatic heterocycles. The first kappa shape index (κ1) is 14.6. The third kappa shape index (κ3) is 3.22. The number of halogens is 4. The molecule has 2 rings (SSSR count). The smallest absolute Gasteiger partial charge is 0.365 e. The number of pyridine rings is 1. The van der Waals surface area contributed by atoms with E-state index in [1.807, 2.05) is 13.1 Å². The molecule has 2 heterocycles. The van der Waals surface area contributed by atoms with Gasteiger partial charge in [-0.15, -0.1) is 0 Å². The van der Waals surface area contributed by atoms with E-state index in [4.69, 9.17) is 11.6 Å². The number of aryl methyl sites for hydroxylation is 2. The van der Waals surface area contributed by atoms with E-state index in [9.17, 15) is 13.2 Å². The fraction of sp³-hybridized carbons (Fsp3) is 0.333. The van der Waals surface area contributed by atoms with Crippen molar-refractivity contribution in [1.29, 1.82) is 0 Å². The molecule has 1 N–H and O–H groups in total. The van der Waals surface area contributed by atoms with Crippen molar-refractivity contribution in [3.8, 4) is 0 Å². The lowest BCUT2D eigenvalue weighted by molar-refractivity contribution is -0.137. The van der Waals surface area contributed by atoms with Crippen LogP contribution in [0.4, 0.5) is 19.0 Å². The zero-order chi connectivity index (χ0) is 14.9. The normalized spacial score (nSPS) is 11.7. The zero-order valence-electron chi connectivity index (χ0n) is 10.8. The molecule has 0 aliphatic rings. The summed E-state index contributed by atoms with van der Waals surface area (Å²) in [5.41, 5.74) is 0.888. The average Bonchev–Trinajstić information content (AvgIpc) is 2.65. The highest BCUT2D eigenvalue weighted by Crippen LogP contribution is 2.32. The zero-order valence-corrected chi connectivity index (χ0v) is 11.5. The third-order valence-electron chi connectivity index (χ3n) is 2.73. The van der Waals surface area contributed by atoms with Crippen LogP contribution in [0.15, 0.2) is 18.5 Å². The number of nitrogens with one attached hydrogen (secondary N) is 1. The van der Waals surface area contributed by atoms with E-state index in [-0.39, 0.29) is 10.8 Å². The maximum Gasteiger partial charge on any atom is 0.417 e. The summed E-state index contributed by atoms with van der Waals surface area (Å²) in [6, 6.07) is 0.854. The Labute approximate surface area is 118 Å². The second kappa shape index (κ2) is 5.32. The van der Waals surface area contributed by atoms with Crippen LogP contribution < -0.4 is 5.32 Å². The summed E-state index contributed by atoms with van der Waals surface area (Å²) in [4.78, 5) is 3.71. The van der Waals surface area contributed by atoms with Gasteiger partial charge in [0.15, 0.2) is 0 Å². The summed E-state index contributed by atoms with van der Waals surface area (Å²) >= 11 is 5.80. The molecule has 0 aliphatic heterocycles. The Hall–Kier alpha value is -1.76. The molecule has 108 valence electrons. The average molecular weight is 305 g/mol. The summed E-state index contributed by atoms with van der Waals surface area (Å²) in [5, 5.41) is 7.00. The van der Waals surface area contributed by atoms with Gasteiger partial charge in [0.25, 0.3) is 0 Å². The van der Waals surface area contributed by atoms with E-state index < -0.39 is 11.7 Å². The first-order chi connectivity index (χ1) is 9.27. The number of hydrogen-bond donors (Lipinski definition) is 1. The molecule has 0 spiro atoms. The molecule has 0 atom stereocenters. The van der Waals surface area contributed by atoms with Crippen molar-refractivity contribution in [2.45, 2.75) is 19.6 Å². The van der Waals surface area contributed by atoms with Crippen molar-refractivity contribution in [2.75, 3.05) is 5.32 Å². The topological polar surface area (TPSA) is 42.7 Å². The predicted molar refractivity (Wildman–Crippen MR) is 69.5 cm³/mol. The highest BCUT2D eigenvalue weighted by molar-refractivity contribution is 6.32. The molecule has 20 heavy (non-hydrogen) atoms. The van der Waals surface area contributed by atoms with E-state index in [1.165, 1.54) is 0 Å². The molecule has 0 radical (unpaired) electrons. The molecule has 2 aromatic rings. The van der Waals surface area contributed by atoms with Crippen LogP contribution in [0.3, 0.4) is 0 Å². The molecule has 0 aliphatic carbocycles. The molecule has 0 bridgehead atoms. The molecule has 0 saturated carbocycles. The van der Waals surface area contributed by atoms with Crippen LogP contribution >= 0.6 is 11.6 Å². The summed E-state index contributed by atoms with van der Waals surface area (Å²) in [5.74, 6) is 0.211. The van der Waals surface area contributed by atoms with Gasteiger partial charge in [-0.1, -0.05) is 11.6 Å². The largest absolute Gasteiger partial charge is 0.417 e. The quantitative estimate of drug-likeness (QED) is 0.945. The van der Waals surface area contributed by atoms with Gasteiger partial charge in [0.1, 0.15) is 5.82 Å². The number of rotatable bonds is 3. The van der Waals surface area contributed by atoms with Crippen molar-refractivity contribution in [3.05, 3.63) is 40.3 Å². The van der Waals surface area contributed by atoms with Crippen LogP contribution in [0.1, 0.15) is 16.8 Å². The monoisotopic (exact) mass is 304 g/mol. The van der Waals surface area contributed by atoms with Crippen molar-refractivity contribution < 1.29 is 13.2 Å². The van der Waals surface area contributed by atoms with E-state index in [2.05, 4.69) is 15.4 Å². The lowest BCUT2D eigenvalue weighted by atomic mass is 10.2. The Morgan fingerprint density at radius 3 is 2.60 bits per heavy atom. The summed E-state index contributed by atoms with van der Waals surface area (Å²) in [7, 11) is 1.79. The number of alkyl halides is 3.